The molecule has 0 spiro atoms. The van der Waals surface area contributed by atoms with Crippen LogP contribution in [0.5, 0.6) is 0 Å². The predicted molar refractivity (Wildman–Crippen MR) is 118 cm³/mol. The standard InChI is InChI=1S/C23H26N2O4S/c1-24-21-19(20(26)25(23(24)28)13-16-9-7-4-8-10-16)18(15-30-21)22(27)29-14-17-11-5-2-3-6-12-17/h4,7-10,15,17H,2-3,5-6,11-14H2,1H3. The van der Waals surface area contributed by atoms with Crippen LogP contribution in [0.2, 0.25) is 0 Å². The van der Waals surface area contributed by atoms with Crippen LogP contribution in [-0.4, -0.2) is 21.7 Å². The molecule has 1 aliphatic carbocycles. The summed E-state index contributed by atoms with van der Waals surface area (Å²) in [6.45, 7) is 0.550. The van der Waals surface area contributed by atoms with Crippen LogP contribution in [0.3, 0.4) is 0 Å². The molecule has 0 atom stereocenters. The van der Waals surface area contributed by atoms with Crippen molar-refractivity contribution in [3.05, 3.63) is 67.7 Å². The zero-order chi connectivity index (χ0) is 21.1. The van der Waals surface area contributed by atoms with Crippen LogP contribution >= 0.6 is 11.3 Å². The number of thiophene rings is 1. The van der Waals surface area contributed by atoms with E-state index in [2.05, 4.69) is 0 Å². The SMILES string of the molecule is Cn1c(=O)n(Cc2ccccc2)c(=O)c2c(C(=O)OCC3CCCCCC3)csc21. The van der Waals surface area contributed by atoms with Crippen LogP contribution in [0.4, 0.5) is 0 Å². The fourth-order valence-electron chi connectivity index (χ4n) is 4.15. The third-order valence-electron chi connectivity index (χ3n) is 5.88. The molecule has 6 nitrogen and oxygen atoms in total. The molecule has 1 aliphatic rings. The summed E-state index contributed by atoms with van der Waals surface area (Å²) in [6.07, 6.45) is 7.00. The Morgan fingerprint density at radius 3 is 2.50 bits per heavy atom. The second kappa shape index (κ2) is 9.00. The molecule has 30 heavy (non-hydrogen) atoms. The predicted octanol–water partition coefficient (Wildman–Crippen LogP) is 3.94. The van der Waals surface area contributed by atoms with Crippen LogP contribution in [0.1, 0.15) is 54.4 Å². The Bertz CT molecular complexity index is 1150. The van der Waals surface area contributed by atoms with Crippen molar-refractivity contribution in [2.24, 2.45) is 13.0 Å². The number of aryl methyl sites for hydroxylation is 1. The van der Waals surface area contributed by atoms with Crippen LogP contribution in [0, 0.1) is 5.92 Å². The Morgan fingerprint density at radius 2 is 1.80 bits per heavy atom. The lowest BCUT2D eigenvalue weighted by Gasteiger charge is -2.14. The van der Waals surface area contributed by atoms with Gasteiger partial charge in [0.25, 0.3) is 5.56 Å². The summed E-state index contributed by atoms with van der Waals surface area (Å²) in [6, 6.07) is 9.35. The summed E-state index contributed by atoms with van der Waals surface area (Å²) < 4.78 is 8.23. The van der Waals surface area contributed by atoms with Gasteiger partial charge in [-0.05, 0) is 24.3 Å². The quantitative estimate of drug-likeness (QED) is 0.458. The highest BCUT2D eigenvalue weighted by Crippen LogP contribution is 2.25. The minimum atomic E-state index is -0.479. The van der Waals surface area contributed by atoms with Gasteiger partial charge < -0.3 is 4.74 Å². The lowest BCUT2D eigenvalue weighted by Crippen LogP contribution is -2.39. The van der Waals surface area contributed by atoms with Crippen LogP contribution < -0.4 is 11.2 Å². The van der Waals surface area contributed by atoms with Crippen molar-refractivity contribution in [1.82, 2.24) is 9.13 Å². The van der Waals surface area contributed by atoms with Crippen molar-refractivity contribution in [1.29, 1.82) is 0 Å². The van der Waals surface area contributed by atoms with E-state index in [4.69, 9.17) is 4.74 Å². The molecule has 1 aromatic carbocycles. The minimum Gasteiger partial charge on any atom is -0.462 e. The summed E-state index contributed by atoms with van der Waals surface area (Å²) >= 11 is 1.23. The molecular formula is C23H26N2O4S. The van der Waals surface area contributed by atoms with E-state index in [1.54, 1.807) is 12.4 Å². The van der Waals surface area contributed by atoms with Gasteiger partial charge in [-0.3, -0.25) is 13.9 Å². The normalized spacial score (nSPS) is 15.2. The van der Waals surface area contributed by atoms with Crippen molar-refractivity contribution < 1.29 is 9.53 Å². The summed E-state index contributed by atoms with van der Waals surface area (Å²) in [5.74, 6) is -0.0899. The van der Waals surface area contributed by atoms with Gasteiger partial charge in [-0.2, -0.15) is 0 Å². The molecule has 0 N–H and O–H groups in total. The van der Waals surface area contributed by atoms with Crippen molar-refractivity contribution in [2.75, 3.05) is 6.61 Å². The van der Waals surface area contributed by atoms with Crippen molar-refractivity contribution in [2.45, 2.75) is 45.1 Å². The van der Waals surface area contributed by atoms with Gasteiger partial charge in [0.15, 0.2) is 0 Å². The molecule has 1 saturated carbocycles. The number of fused-ring (bicyclic) bond motifs is 1. The largest absolute Gasteiger partial charge is 0.462 e. The molecule has 0 radical (unpaired) electrons. The maximum atomic E-state index is 13.2. The van der Waals surface area contributed by atoms with Crippen LogP contribution in [0.15, 0.2) is 45.3 Å². The fraction of sp³-hybridized carbons (Fsp3) is 0.435. The van der Waals surface area contributed by atoms with E-state index < -0.39 is 17.2 Å². The van der Waals surface area contributed by atoms with E-state index in [1.807, 2.05) is 30.3 Å². The van der Waals surface area contributed by atoms with E-state index in [9.17, 15) is 14.4 Å². The topological polar surface area (TPSA) is 70.3 Å². The molecular weight excluding hydrogens is 400 g/mol. The highest BCUT2D eigenvalue weighted by Gasteiger charge is 2.23. The third-order valence-corrected chi connectivity index (χ3v) is 6.94. The average Bonchev–Trinajstić information content (AvgIpc) is 3.04. The van der Waals surface area contributed by atoms with E-state index in [0.29, 0.717) is 17.4 Å². The Labute approximate surface area is 178 Å². The van der Waals surface area contributed by atoms with Gasteiger partial charge >= 0.3 is 11.7 Å². The first-order valence-corrected chi connectivity index (χ1v) is 11.4. The van der Waals surface area contributed by atoms with Crippen molar-refractivity contribution >= 4 is 27.5 Å². The number of benzene rings is 1. The van der Waals surface area contributed by atoms with E-state index >= 15 is 0 Å². The van der Waals surface area contributed by atoms with Gasteiger partial charge in [0.05, 0.1) is 24.1 Å². The molecule has 1 fully saturated rings. The molecule has 158 valence electrons. The average molecular weight is 427 g/mol. The second-order valence-electron chi connectivity index (χ2n) is 8.00. The van der Waals surface area contributed by atoms with Gasteiger partial charge in [0.2, 0.25) is 0 Å². The van der Waals surface area contributed by atoms with Gasteiger partial charge in [-0.25, -0.2) is 9.59 Å². The number of carbonyl (C=O) groups excluding carboxylic acids is 1. The van der Waals surface area contributed by atoms with Crippen molar-refractivity contribution in [3.63, 3.8) is 0 Å². The fourth-order valence-corrected chi connectivity index (χ4v) is 5.14. The van der Waals surface area contributed by atoms with Gasteiger partial charge in [-0.1, -0.05) is 56.0 Å². The maximum absolute atomic E-state index is 13.2. The van der Waals surface area contributed by atoms with Crippen LogP contribution in [0.25, 0.3) is 10.2 Å². The third kappa shape index (κ3) is 4.12. The molecule has 2 aromatic heterocycles. The summed E-state index contributed by atoms with van der Waals surface area (Å²) in [5, 5.41) is 1.90. The summed E-state index contributed by atoms with van der Waals surface area (Å²) in [7, 11) is 1.63. The number of hydrogen-bond donors (Lipinski definition) is 0. The molecule has 7 heteroatoms. The maximum Gasteiger partial charge on any atom is 0.339 e. The highest BCUT2D eigenvalue weighted by atomic mass is 32.1. The number of rotatable bonds is 5. The molecule has 4 rings (SSSR count). The number of aromatic nitrogens is 2. The Morgan fingerprint density at radius 1 is 1.10 bits per heavy atom. The molecule has 2 heterocycles. The number of hydrogen-bond acceptors (Lipinski definition) is 5. The number of esters is 1. The molecule has 0 saturated heterocycles. The Hall–Kier alpha value is -2.67. The van der Waals surface area contributed by atoms with E-state index in [-0.39, 0.29) is 17.5 Å². The molecule has 0 bridgehead atoms. The number of ether oxygens (including phenoxy) is 1. The first kappa shape index (κ1) is 20.6. The molecule has 0 aliphatic heterocycles. The molecule has 3 aromatic rings. The molecule has 0 amide bonds. The lowest BCUT2D eigenvalue weighted by atomic mass is 10.0. The van der Waals surface area contributed by atoms with E-state index in [0.717, 1.165) is 18.4 Å². The zero-order valence-corrected chi connectivity index (χ0v) is 18.0. The first-order valence-electron chi connectivity index (χ1n) is 10.5. The zero-order valence-electron chi connectivity index (χ0n) is 17.1. The monoisotopic (exact) mass is 426 g/mol. The minimum absolute atomic E-state index is 0.161. The van der Waals surface area contributed by atoms with E-state index in [1.165, 1.54) is 46.2 Å². The number of nitrogens with zero attached hydrogens (tertiary/aromatic N) is 2. The summed E-state index contributed by atoms with van der Waals surface area (Å²) in [5.41, 5.74) is 0.269. The number of carbonyl (C=O) groups is 1. The van der Waals surface area contributed by atoms with Crippen LogP contribution in [-0.2, 0) is 18.3 Å². The highest BCUT2D eigenvalue weighted by molar-refractivity contribution is 7.17. The lowest BCUT2D eigenvalue weighted by molar-refractivity contribution is 0.0430. The molecule has 0 unspecified atom stereocenters. The van der Waals surface area contributed by atoms with Gasteiger partial charge in [-0.15, -0.1) is 11.3 Å². The van der Waals surface area contributed by atoms with Crippen molar-refractivity contribution in [3.8, 4) is 0 Å². The van der Waals surface area contributed by atoms with Gasteiger partial charge in [0.1, 0.15) is 4.83 Å². The Kier molecular flexibility index (Phi) is 6.18. The second-order valence-corrected chi connectivity index (χ2v) is 8.86. The van der Waals surface area contributed by atoms with Gasteiger partial charge in [0, 0.05) is 12.4 Å². The smallest absolute Gasteiger partial charge is 0.339 e. The summed E-state index contributed by atoms with van der Waals surface area (Å²) in [4.78, 5) is 39.3. The first-order chi connectivity index (χ1) is 14.6. The Balaban J connectivity index is 1.65.